The first-order chi connectivity index (χ1) is 14.1. The summed E-state index contributed by atoms with van der Waals surface area (Å²) in [5.41, 5.74) is 1.25. The number of hydrogen-bond donors (Lipinski definition) is 1. The lowest BCUT2D eigenvalue weighted by atomic mass is 9.79. The van der Waals surface area contributed by atoms with Gasteiger partial charge in [-0.25, -0.2) is 0 Å². The minimum atomic E-state index is -0.300. The largest absolute Gasteiger partial charge is 0.485 e. The first-order valence-electron chi connectivity index (χ1n) is 9.92. The van der Waals surface area contributed by atoms with Gasteiger partial charge in [0.1, 0.15) is 11.9 Å². The topological polar surface area (TPSA) is 81.7 Å². The molecule has 0 unspecified atom stereocenters. The molecule has 6 heteroatoms. The first kappa shape index (κ1) is 17.9. The highest BCUT2D eigenvalue weighted by molar-refractivity contribution is 5.97. The van der Waals surface area contributed by atoms with Crippen molar-refractivity contribution in [2.24, 2.45) is 23.7 Å². The second-order valence-electron chi connectivity index (χ2n) is 8.01. The summed E-state index contributed by atoms with van der Waals surface area (Å²) < 4.78 is 11.0. The Morgan fingerprint density at radius 3 is 2.55 bits per heavy atom. The smallest absolute Gasteiger partial charge is 0.310 e. The van der Waals surface area contributed by atoms with E-state index in [2.05, 4.69) is 5.32 Å². The molecule has 3 fully saturated rings. The molecular weight excluding hydrogens is 370 g/mol. The number of amides is 1. The van der Waals surface area contributed by atoms with Gasteiger partial charge in [-0.2, -0.15) is 0 Å². The zero-order chi connectivity index (χ0) is 20.0. The molecule has 1 amide bonds. The average Bonchev–Trinajstić information content (AvgIpc) is 3.36. The van der Waals surface area contributed by atoms with Gasteiger partial charge in [0.2, 0.25) is 5.91 Å². The lowest BCUT2D eigenvalue weighted by molar-refractivity contribution is -0.145. The lowest BCUT2D eigenvalue weighted by Gasteiger charge is -2.23. The zero-order valence-electron chi connectivity index (χ0n) is 15.7. The Balaban J connectivity index is 1.18. The van der Waals surface area contributed by atoms with E-state index >= 15 is 0 Å². The van der Waals surface area contributed by atoms with E-state index in [0.717, 1.165) is 12.8 Å². The SMILES string of the molecule is O=C(COc1ccc(NC(=O)[C@@H]2[C@@H]3C[C@H]4[C@H]2C(=O)O[C@H]4C3)cc1)c1ccccc1. The third-order valence-electron chi connectivity index (χ3n) is 6.37. The fourth-order valence-corrected chi connectivity index (χ4v) is 5.08. The van der Waals surface area contributed by atoms with Crippen LogP contribution in [0, 0.1) is 23.7 Å². The van der Waals surface area contributed by atoms with Crippen molar-refractivity contribution in [3.05, 3.63) is 60.2 Å². The van der Waals surface area contributed by atoms with Gasteiger partial charge in [-0.3, -0.25) is 14.4 Å². The minimum absolute atomic E-state index is 0.0246. The molecule has 2 bridgehead atoms. The van der Waals surface area contributed by atoms with Crippen LogP contribution in [0.15, 0.2) is 54.6 Å². The predicted molar refractivity (Wildman–Crippen MR) is 104 cm³/mol. The summed E-state index contributed by atoms with van der Waals surface area (Å²) in [5, 5.41) is 2.92. The van der Waals surface area contributed by atoms with Crippen LogP contribution < -0.4 is 10.1 Å². The molecule has 1 N–H and O–H groups in total. The number of carbonyl (C=O) groups is 3. The molecule has 5 atom stereocenters. The molecule has 148 valence electrons. The zero-order valence-corrected chi connectivity index (χ0v) is 15.7. The van der Waals surface area contributed by atoms with E-state index in [1.165, 1.54) is 0 Å². The van der Waals surface area contributed by atoms with Crippen molar-refractivity contribution in [1.82, 2.24) is 0 Å². The van der Waals surface area contributed by atoms with Crippen molar-refractivity contribution in [1.29, 1.82) is 0 Å². The summed E-state index contributed by atoms with van der Waals surface area (Å²) in [4.78, 5) is 37.0. The number of rotatable bonds is 6. The lowest BCUT2D eigenvalue weighted by Crippen LogP contribution is -2.35. The molecular formula is C23H21NO5. The van der Waals surface area contributed by atoms with E-state index in [9.17, 15) is 14.4 Å². The summed E-state index contributed by atoms with van der Waals surface area (Å²) >= 11 is 0. The van der Waals surface area contributed by atoms with Gasteiger partial charge in [-0.15, -0.1) is 0 Å². The minimum Gasteiger partial charge on any atom is -0.485 e. The Morgan fingerprint density at radius 1 is 1.03 bits per heavy atom. The molecule has 1 saturated heterocycles. The van der Waals surface area contributed by atoms with Crippen molar-refractivity contribution in [2.75, 3.05) is 11.9 Å². The standard InChI is InChI=1S/C23H21NO5/c25-18(13-4-2-1-3-5-13)12-28-16-8-6-15(7-9-16)24-22(26)20-14-10-17-19(11-14)29-23(27)21(17)20/h1-9,14,17,19-21H,10-12H2,(H,24,26)/t14-,17-,19+,20-,21-/m1/s1. The van der Waals surface area contributed by atoms with Crippen molar-refractivity contribution in [2.45, 2.75) is 18.9 Å². The van der Waals surface area contributed by atoms with E-state index in [1.807, 2.05) is 18.2 Å². The molecule has 6 nitrogen and oxygen atoms in total. The number of esters is 1. The summed E-state index contributed by atoms with van der Waals surface area (Å²) in [6.45, 7) is -0.0498. The third kappa shape index (κ3) is 3.18. The van der Waals surface area contributed by atoms with E-state index in [1.54, 1.807) is 36.4 Å². The predicted octanol–water partition coefficient (Wildman–Crippen LogP) is 3.08. The molecule has 2 aliphatic carbocycles. The van der Waals surface area contributed by atoms with Gasteiger partial charge in [-0.1, -0.05) is 30.3 Å². The molecule has 3 aliphatic rings. The second-order valence-corrected chi connectivity index (χ2v) is 8.01. The van der Waals surface area contributed by atoms with E-state index in [4.69, 9.17) is 9.47 Å². The fraction of sp³-hybridized carbons (Fsp3) is 0.348. The van der Waals surface area contributed by atoms with Crippen LogP contribution in [0.25, 0.3) is 0 Å². The maximum Gasteiger partial charge on any atom is 0.310 e. The van der Waals surface area contributed by atoms with Gasteiger partial charge >= 0.3 is 5.97 Å². The number of anilines is 1. The molecule has 1 aliphatic heterocycles. The maximum atomic E-state index is 12.8. The van der Waals surface area contributed by atoms with Crippen LogP contribution in [0.5, 0.6) is 5.75 Å². The highest BCUT2D eigenvalue weighted by Crippen LogP contribution is 2.57. The van der Waals surface area contributed by atoms with Crippen molar-refractivity contribution >= 4 is 23.3 Å². The monoisotopic (exact) mass is 391 g/mol. The van der Waals surface area contributed by atoms with Crippen LogP contribution in [0.4, 0.5) is 5.69 Å². The summed E-state index contributed by atoms with van der Waals surface area (Å²) in [6, 6.07) is 15.9. The van der Waals surface area contributed by atoms with Crippen LogP contribution in [-0.2, 0) is 14.3 Å². The fourth-order valence-electron chi connectivity index (χ4n) is 5.08. The molecule has 5 rings (SSSR count). The van der Waals surface area contributed by atoms with Crippen LogP contribution in [-0.4, -0.2) is 30.4 Å². The third-order valence-corrected chi connectivity index (χ3v) is 6.37. The Hall–Kier alpha value is -3.15. The molecule has 2 aromatic rings. The molecule has 29 heavy (non-hydrogen) atoms. The summed E-state index contributed by atoms with van der Waals surface area (Å²) in [7, 11) is 0. The number of hydrogen-bond acceptors (Lipinski definition) is 5. The first-order valence-corrected chi connectivity index (χ1v) is 9.92. The number of Topliss-reactive ketones (excluding diaryl/α,β-unsaturated/α-hetero) is 1. The number of carbonyl (C=O) groups excluding carboxylic acids is 3. The van der Waals surface area contributed by atoms with Gasteiger partial charge in [0.15, 0.2) is 12.4 Å². The van der Waals surface area contributed by atoms with Crippen molar-refractivity contribution < 1.29 is 23.9 Å². The maximum absolute atomic E-state index is 12.8. The molecule has 0 spiro atoms. The Morgan fingerprint density at radius 2 is 1.79 bits per heavy atom. The van der Waals surface area contributed by atoms with Crippen molar-refractivity contribution in [3.8, 4) is 5.75 Å². The van der Waals surface area contributed by atoms with Gasteiger partial charge in [0.05, 0.1) is 11.8 Å². The molecule has 2 saturated carbocycles. The van der Waals surface area contributed by atoms with Gasteiger partial charge < -0.3 is 14.8 Å². The normalized spacial score (nSPS) is 28.8. The molecule has 1 heterocycles. The molecule has 0 aromatic heterocycles. The highest BCUT2D eigenvalue weighted by Gasteiger charge is 2.63. The van der Waals surface area contributed by atoms with E-state index < -0.39 is 0 Å². The Kier molecular flexibility index (Phi) is 4.34. The number of nitrogens with one attached hydrogen (secondary N) is 1. The number of fused-ring (bicyclic) bond motifs is 1. The quantitative estimate of drug-likeness (QED) is 0.605. The number of ketones is 1. The second kappa shape index (κ2) is 7.03. The van der Waals surface area contributed by atoms with E-state index in [-0.39, 0.29) is 54.0 Å². The van der Waals surface area contributed by atoms with Gasteiger partial charge in [0.25, 0.3) is 0 Å². The summed E-state index contributed by atoms with van der Waals surface area (Å²) in [6.07, 6.45) is 1.73. The number of ether oxygens (including phenoxy) is 2. The Labute approximate surface area is 168 Å². The Bertz CT molecular complexity index is 953. The van der Waals surface area contributed by atoms with Gasteiger partial charge in [-0.05, 0) is 43.0 Å². The molecule has 0 radical (unpaired) electrons. The highest BCUT2D eigenvalue weighted by atomic mass is 16.6. The van der Waals surface area contributed by atoms with E-state index in [0.29, 0.717) is 17.0 Å². The number of benzene rings is 2. The van der Waals surface area contributed by atoms with Crippen LogP contribution in [0.1, 0.15) is 23.2 Å². The van der Waals surface area contributed by atoms with Crippen LogP contribution in [0.3, 0.4) is 0 Å². The van der Waals surface area contributed by atoms with Crippen molar-refractivity contribution in [3.63, 3.8) is 0 Å². The van der Waals surface area contributed by atoms with Gasteiger partial charge in [0, 0.05) is 17.2 Å². The van der Waals surface area contributed by atoms with Crippen LogP contribution >= 0.6 is 0 Å². The van der Waals surface area contributed by atoms with Crippen LogP contribution in [0.2, 0.25) is 0 Å². The summed E-state index contributed by atoms with van der Waals surface area (Å²) in [5.74, 6) is -0.0274. The molecule has 2 aromatic carbocycles. The average molecular weight is 391 g/mol.